The zero-order chi connectivity index (χ0) is 29.5. The highest BCUT2D eigenvalue weighted by atomic mass is 32.2. The van der Waals surface area contributed by atoms with Gasteiger partial charge in [-0.15, -0.1) is 11.3 Å². The van der Waals surface area contributed by atoms with Crippen LogP contribution in [-0.2, 0) is 9.59 Å². The molecule has 0 atom stereocenters. The number of nitrogens with one attached hydrogen (secondary N) is 2. The first-order chi connectivity index (χ1) is 19.7. The molecule has 1 aliphatic heterocycles. The zero-order valence-electron chi connectivity index (χ0n) is 22.0. The molecular formula is C27H25N5O6S3. The Morgan fingerprint density at radius 1 is 1.15 bits per heavy atom. The van der Waals surface area contributed by atoms with E-state index in [0.717, 1.165) is 35.5 Å². The van der Waals surface area contributed by atoms with Crippen LogP contribution >= 0.6 is 35.3 Å². The van der Waals surface area contributed by atoms with Crippen molar-refractivity contribution in [1.29, 1.82) is 0 Å². The number of thiocarbonyl (C=S) groups is 1. The molecule has 4 rings (SSSR count). The second-order valence-corrected chi connectivity index (χ2v) is 11.1. The summed E-state index contributed by atoms with van der Waals surface area (Å²) in [6, 6.07) is 14.4. The summed E-state index contributed by atoms with van der Waals surface area (Å²) in [4.78, 5) is 51.5. The van der Waals surface area contributed by atoms with Crippen molar-refractivity contribution < 1.29 is 24.0 Å². The zero-order valence-corrected chi connectivity index (χ0v) is 24.4. The quantitative estimate of drug-likeness (QED) is 0.132. The Balaban J connectivity index is 1.54. The third-order valence-corrected chi connectivity index (χ3v) is 8.03. The summed E-state index contributed by atoms with van der Waals surface area (Å²) in [5, 5.41) is 16.4. The topological polar surface area (TPSA) is 134 Å². The molecule has 2 N–H and O–H groups in total. The van der Waals surface area contributed by atoms with Crippen LogP contribution in [0.25, 0.3) is 6.08 Å². The predicted octanol–water partition coefficient (Wildman–Crippen LogP) is 5.07. The number of benzene rings is 2. The molecule has 0 radical (unpaired) electrons. The first kappa shape index (κ1) is 29.7. The van der Waals surface area contributed by atoms with Crippen molar-refractivity contribution in [3.8, 4) is 5.75 Å². The van der Waals surface area contributed by atoms with Gasteiger partial charge in [-0.3, -0.25) is 29.9 Å². The number of amides is 3. The fourth-order valence-electron chi connectivity index (χ4n) is 3.86. The van der Waals surface area contributed by atoms with Gasteiger partial charge in [0.1, 0.15) is 5.75 Å². The minimum absolute atomic E-state index is 0.151. The number of rotatable bonds is 11. The van der Waals surface area contributed by atoms with Gasteiger partial charge in [-0.25, -0.2) is 0 Å². The Morgan fingerprint density at radius 2 is 1.93 bits per heavy atom. The van der Waals surface area contributed by atoms with Crippen LogP contribution in [0, 0.1) is 10.1 Å². The number of thiophene rings is 1. The maximum atomic E-state index is 13.1. The Morgan fingerprint density at radius 3 is 2.61 bits per heavy atom. The number of hydrogen-bond acceptors (Lipinski definition) is 10. The fourth-order valence-corrected chi connectivity index (χ4v) is 5.64. The number of non-ortho nitro benzene ring substituents is 1. The Hall–Kier alpha value is -4.27. The van der Waals surface area contributed by atoms with E-state index in [9.17, 15) is 24.5 Å². The standard InChI is InChI=1S/C27H25N5O6S3/c1-3-30(4-2)19-11-10-17(13-23-26(35)31(27(39)41-23)29-25(34)22-9-6-12-40-22)21(15-19)38-16-24(33)28-18-7-5-8-20(14-18)32(36)37/h5-15H,3-4,16H2,1-2H3,(H,28,33)(H,29,34)/b23-13+. The summed E-state index contributed by atoms with van der Waals surface area (Å²) in [6.07, 6.45) is 1.59. The van der Waals surface area contributed by atoms with E-state index in [2.05, 4.69) is 15.6 Å². The monoisotopic (exact) mass is 611 g/mol. The van der Waals surface area contributed by atoms with Crippen LogP contribution in [0.3, 0.4) is 0 Å². The van der Waals surface area contributed by atoms with Gasteiger partial charge < -0.3 is 15.0 Å². The van der Waals surface area contributed by atoms with Gasteiger partial charge in [-0.05, 0) is 61.8 Å². The van der Waals surface area contributed by atoms with E-state index < -0.39 is 22.6 Å². The lowest BCUT2D eigenvalue weighted by atomic mass is 10.1. The molecule has 0 bridgehead atoms. The fraction of sp³-hybridized carbons (Fsp3) is 0.185. The maximum absolute atomic E-state index is 13.1. The molecule has 0 aliphatic carbocycles. The molecule has 3 amide bonds. The highest BCUT2D eigenvalue weighted by molar-refractivity contribution is 8.26. The van der Waals surface area contributed by atoms with Gasteiger partial charge >= 0.3 is 0 Å². The first-order valence-electron chi connectivity index (χ1n) is 12.4. The lowest BCUT2D eigenvalue weighted by Gasteiger charge is -2.22. The molecule has 41 heavy (non-hydrogen) atoms. The second-order valence-electron chi connectivity index (χ2n) is 8.47. The lowest BCUT2D eigenvalue weighted by Crippen LogP contribution is -2.44. The SMILES string of the molecule is CCN(CC)c1ccc(/C=C2/SC(=S)N(NC(=O)c3cccs3)C2=O)c(OCC(=O)Nc2cccc([N+](=O)[O-])c2)c1. The minimum atomic E-state index is -0.548. The van der Waals surface area contributed by atoms with E-state index in [1.54, 1.807) is 35.7 Å². The van der Waals surface area contributed by atoms with Crippen LogP contribution < -0.4 is 20.4 Å². The summed E-state index contributed by atoms with van der Waals surface area (Å²) in [5.74, 6) is -1.12. The molecule has 1 fully saturated rings. The average Bonchev–Trinajstić information content (AvgIpc) is 3.59. The van der Waals surface area contributed by atoms with Crippen molar-refractivity contribution in [1.82, 2.24) is 10.4 Å². The molecule has 1 aliphatic rings. The minimum Gasteiger partial charge on any atom is -0.483 e. The van der Waals surface area contributed by atoms with Crippen molar-refractivity contribution >= 4 is 80.5 Å². The van der Waals surface area contributed by atoms with Gasteiger partial charge in [-0.1, -0.05) is 23.9 Å². The third kappa shape index (κ3) is 7.28. The van der Waals surface area contributed by atoms with Crippen molar-refractivity contribution in [3.05, 3.63) is 85.4 Å². The summed E-state index contributed by atoms with van der Waals surface area (Å²) < 4.78 is 6.06. The molecule has 3 aromatic rings. The summed E-state index contributed by atoms with van der Waals surface area (Å²) in [7, 11) is 0. The van der Waals surface area contributed by atoms with Gasteiger partial charge in [0.2, 0.25) is 0 Å². The van der Waals surface area contributed by atoms with Gasteiger partial charge in [0, 0.05) is 48.2 Å². The van der Waals surface area contributed by atoms with Crippen LogP contribution in [0.2, 0.25) is 0 Å². The first-order valence-corrected chi connectivity index (χ1v) is 14.5. The number of thioether (sulfide) groups is 1. The normalized spacial score (nSPS) is 13.8. The van der Waals surface area contributed by atoms with E-state index in [-0.39, 0.29) is 27.2 Å². The molecule has 2 heterocycles. The highest BCUT2D eigenvalue weighted by Gasteiger charge is 2.34. The lowest BCUT2D eigenvalue weighted by molar-refractivity contribution is -0.384. The number of hydrazine groups is 1. The predicted molar refractivity (Wildman–Crippen MR) is 164 cm³/mol. The number of nitro groups is 1. The number of hydrogen-bond donors (Lipinski definition) is 2. The number of anilines is 2. The van der Waals surface area contributed by atoms with Crippen LogP contribution in [0.5, 0.6) is 5.75 Å². The number of nitro benzene ring substituents is 1. The molecule has 0 spiro atoms. The Bertz CT molecular complexity index is 1520. The van der Waals surface area contributed by atoms with Crippen LogP contribution in [0.4, 0.5) is 17.1 Å². The van der Waals surface area contributed by atoms with E-state index in [4.69, 9.17) is 17.0 Å². The maximum Gasteiger partial charge on any atom is 0.285 e. The molecular weight excluding hydrogens is 587 g/mol. The molecule has 14 heteroatoms. The van der Waals surface area contributed by atoms with E-state index in [0.29, 0.717) is 16.2 Å². The molecule has 0 saturated carbocycles. The van der Waals surface area contributed by atoms with Gasteiger partial charge in [0.05, 0.1) is 14.7 Å². The summed E-state index contributed by atoms with van der Waals surface area (Å²) in [6.45, 7) is 5.12. The molecule has 0 unspecified atom stereocenters. The van der Waals surface area contributed by atoms with Crippen LogP contribution in [-0.4, -0.2) is 51.7 Å². The van der Waals surface area contributed by atoms with Crippen molar-refractivity contribution in [3.63, 3.8) is 0 Å². The van der Waals surface area contributed by atoms with Crippen LogP contribution in [0.1, 0.15) is 29.1 Å². The van der Waals surface area contributed by atoms with Gasteiger partial charge in [0.15, 0.2) is 10.9 Å². The third-order valence-electron chi connectivity index (χ3n) is 5.86. The summed E-state index contributed by atoms with van der Waals surface area (Å²) >= 11 is 7.61. The van der Waals surface area contributed by atoms with Gasteiger partial charge in [0.25, 0.3) is 23.4 Å². The van der Waals surface area contributed by atoms with Crippen LogP contribution in [0.15, 0.2) is 64.9 Å². The van der Waals surface area contributed by atoms with Gasteiger partial charge in [-0.2, -0.15) is 5.01 Å². The highest BCUT2D eigenvalue weighted by Crippen LogP contribution is 2.35. The van der Waals surface area contributed by atoms with Crippen molar-refractivity contribution in [2.45, 2.75) is 13.8 Å². The number of nitrogens with zero attached hydrogens (tertiary/aromatic N) is 3. The number of carbonyl (C=O) groups excluding carboxylic acids is 3. The van der Waals surface area contributed by atoms with E-state index in [1.807, 2.05) is 19.9 Å². The summed E-state index contributed by atoms with van der Waals surface area (Å²) in [5.41, 5.74) is 4.04. The Kier molecular flexibility index (Phi) is 9.70. The number of carbonyl (C=O) groups is 3. The molecule has 2 aromatic carbocycles. The molecule has 1 aromatic heterocycles. The smallest absolute Gasteiger partial charge is 0.285 e. The van der Waals surface area contributed by atoms with E-state index >= 15 is 0 Å². The molecule has 1 saturated heterocycles. The van der Waals surface area contributed by atoms with Crippen molar-refractivity contribution in [2.24, 2.45) is 0 Å². The largest absolute Gasteiger partial charge is 0.483 e. The second kappa shape index (κ2) is 13.4. The Labute approximate surface area is 249 Å². The molecule has 212 valence electrons. The van der Waals surface area contributed by atoms with E-state index in [1.165, 1.54) is 35.6 Å². The number of ether oxygens (including phenoxy) is 1. The average molecular weight is 612 g/mol. The van der Waals surface area contributed by atoms with Crippen molar-refractivity contribution in [2.75, 3.05) is 29.9 Å². The molecule has 11 nitrogen and oxygen atoms in total.